The van der Waals surface area contributed by atoms with Gasteiger partial charge in [-0.2, -0.15) is 5.26 Å². The highest BCUT2D eigenvalue weighted by Crippen LogP contribution is 2.28. The van der Waals surface area contributed by atoms with Gasteiger partial charge < -0.3 is 0 Å². The fourth-order valence-electron chi connectivity index (χ4n) is 4.03. The summed E-state index contributed by atoms with van der Waals surface area (Å²) >= 11 is 0. The molecule has 158 valence electrons. The van der Waals surface area contributed by atoms with Gasteiger partial charge in [0.15, 0.2) is 5.69 Å². The molecule has 0 unspecified atom stereocenters. The molecule has 0 bridgehead atoms. The molecule has 0 aliphatic heterocycles. The van der Waals surface area contributed by atoms with Crippen LogP contribution in [0.1, 0.15) is 27.8 Å². The molecule has 0 heterocycles. The first-order valence-corrected chi connectivity index (χ1v) is 11.0. The van der Waals surface area contributed by atoms with Crippen molar-refractivity contribution in [2.75, 3.05) is 0 Å². The number of rotatable bonds is 4. The van der Waals surface area contributed by atoms with Crippen LogP contribution in [0.3, 0.4) is 0 Å². The SMILES string of the molecule is [C-]#[N+]c1ccc(/C=C/c2ccc3c(ccc4cc(/C=C/c5ccc(C#N)cc5)ccc43)c2)cc1. The van der Waals surface area contributed by atoms with E-state index in [9.17, 15) is 0 Å². The third-order valence-corrected chi connectivity index (χ3v) is 5.88. The molecule has 5 aromatic carbocycles. The van der Waals surface area contributed by atoms with Crippen molar-refractivity contribution in [3.05, 3.63) is 136 Å². The Morgan fingerprint density at radius 3 is 1.47 bits per heavy atom. The van der Waals surface area contributed by atoms with Crippen LogP contribution in [0.25, 0.3) is 50.7 Å². The lowest BCUT2D eigenvalue weighted by molar-refractivity contribution is 1.48. The predicted molar refractivity (Wildman–Crippen MR) is 143 cm³/mol. The van der Waals surface area contributed by atoms with Gasteiger partial charge in [-0.1, -0.05) is 97.1 Å². The summed E-state index contributed by atoms with van der Waals surface area (Å²) in [6, 6.07) is 34.8. The highest BCUT2D eigenvalue weighted by molar-refractivity contribution is 6.08. The van der Waals surface area contributed by atoms with Crippen molar-refractivity contribution >= 4 is 51.5 Å². The lowest BCUT2D eigenvalue weighted by atomic mass is 9.98. The molecule has 0 aromatic heterocycles. The fraction of sp³-hybridized carbons (Fsp3) is 0. The fourth-order valence-corrected chi connectivity index (χ4v) is 4.03. The molecule has 2 nitrogen and oxygen atoms in total. The first-order chi connectivity index (χ1) is 16.7. The largest absolute Gasteiger partial charge is 0.238 e. The van der Waals surface area contributed by atoms with Crippen LogP contribution in [-0.4, -0.2) is 0 Å². The minimum Gasteiger partial charge on any atom is -0.238 e. The van der Waals surface area contributed by atoms with Crippen molar-refractivity contribution < 1.29 is 0 Å². The van der Waals surface area contributed by atoms with E-state index in [-0.39, 0.29) is 0 Å². The van der Waals surface area contributed by atoms with Crippen molar-refractivity contribution in [1.29, 1.82) is 5.26 Å². The maximum Gasteiger partial charge on any atom is 0.187 e. The summed E-state index contributed by atoms with van der Waals surface area (Å²) in [5.74, 6) is 0. The van der Waals surface area contributed by atoms with Gasteiger partial charge in [0.25, 0.3) is 0 Å². The third-order valence-electron chi connectivity index (χ3n) is 5.88. The average Bonchev–Trinajstić information content (AvgIpc) is 2.91. The molecule has 5 rings (SSSR count). The van der Waals surface area contributed by atoms with Crippen molar-refractivity contribution in [3.8, 4) is 6.07 Å². The molecule has 0 saturated carbocycles. The Hall–Kier alpha value is -4.92. The molecule has 0 amide bonds. The van der Waals surface area contributed by atoms with Crippen LogP contribution >= 0.6 is 0 Å². The monoisotopic (exact) mass is 432 g/mol. The molecule has 0 atom stereocenters. The summed E-state index contributed by atoms with van der Waals surface area (Å²) in [5.41, 5.74) is 5.75. The van der Waals surface area contributed by atoms with Gasteiger partial charge in [0.2, 0.25) is 0 Å². The molecule has 5 aromatic rings. The molecule has 0 N–H and O–H groups in total. The quantitative estimate of drug-likeness (QED) is 0.158. The maximum absolute atomic E-state index is 8.94. The topological polar surface area (TPSA) is 28.1 Å². The molecular weight excluding hydrogens is 412 g/mol. The van der Waals surface area contributed by atoms with Crippen LogP contribution in [0.5, 0.6) is 0 Å². The Balaban J connectivity index is 1.40. The molecule has 0 aliphatic carbocycles. The summed E-state index contributed by atoms with van der Waals surface area (Å²) < 4.78 is 0. The highest BCUT2D eigenvalue weighted by Gasteiger charge is 2.02. The van der Waals surface area contributed by atoms with Crippen LogP contribution < -0.4 is 0 Å². The molecule has 34 heavy (non-hydrogen) atoms. The van der Waals surface area contributed by atoms with Gasteiger partial charge in [0, 0.05) is 0 Å². The van der Waals surface area contributed by atoms with Crippen LogP contribution in [0.4, 0.5) is 5.69 Å². The average molecular weight is 433 g/mol. The van der Waals surface area contributed by atoms with Crippen molar-refractivity contribution in [1.82, 2.24) is 0 Å². The maximum atomic E-state index is 8.94. The Bertz CT molecular complexity index is 1510. The lowest BCUT2D eigenvalue weighted by Crippen LogP contribution is -1.81. The summed E-state index contributed by atoms with van der Waals surface area (Å²) in [4.78, 5) is 3.44. The van der Waals surface area contributed by atoms with E-state index in [1.165, 1.54) is 21.5 Å². The second-order valence-corrected chi connectivity index (χ2v) is 8.13. The molecule has 0 radical (unpaired) electrons. The van der Waals surface area contributed by atoms with Gasteiger partial charge in [-0.15, -0.1) is 0 Å². The Labute approximate surface area is 199 Å². The second kappa shape index (κ2) is 9.29. The number of nitrogens with zero attached hydrogens (tertiary/aromatic N) is 2. The molecule has 0 fully saturated rings. The van der Waals surface area contributed by atoms with Crippen LogP contribution in [0, 0.1) is 17.9 Å². The van der Waals surface area contributed by atoms with E-state index in [2.05, 4.69) is 83.7 Å². The number of hydrogen-bond acceptors (Lipinski definition) is 1. The molecule has 0 spiro atoms. The normalized spacial score (nSPS) is 11.2. The van der Waals surface area contributed by atoms with Crippen LogP contribution in [-0.2, 0) is 0 Å². The van der Waals surface area contributed by atoms with E-state index in [1.807, 2.05) is 48.5 Å². The summed E-state index contributed by atoms with van der Waals surface area (Å²) in [6.45, 7) is 7.06. The standard InChI is InChI=1S/C32H20N2/c1-34-30-16-10-24(11-17-30)3-7-26-13-19-32-29(21-26)15-14-28-20-25(12-18-31(28)32)6-2-23-4-8-27(22-33)9-5-23/h2-21H/b6-2+,7-3+. The summed E-state index contributed by atoms with van der Waals surface area (Å²) in [7, 11) is 0. The zero-order valence-electron chi connectivity index (χ0n) is 18.4. The first-order valence-electron chi connectivity index (χ1n) is 11.0. The minimum atomic E-state index is 0.655. The number of hydrogen-bond donors (Lipinski definition) is 0. The second-order valence-electron chi connectivity index (χ2n) is 8.13. The van der Waals surface area contributed by atoms with Gasteiger partial charge in [0.05, 0.1) is 18.2 Å². The van der Waals surface area contributed by atoms with Gasteiger partial charge in [-0.3, -0.25) is 0 Å². The van der Waals surface area contributed by atoms with E-state index in [0.29, 0.717) is 11.3 Å². The lowest BCUT2D eigenvalue weighted by Gasteiger charge is -2.06. The van der Waals surface area contributed by atoms with E-state index in [1.54, 1.807) is 0 Å². The van der Waals surface area contributed by atoms with Crippen molar-refractivity contribution in [2.45, 2.75) is 0 Å². The van der Waals surface area contributed by atoms with Crippen molar-refractivity contribution in [3.63, 3.8) is 0 Å². The van der Waals surface area contributed by atoms with Crippen molar-refractivity contribution in [2.24, 2.45) is 0 Å². The molecule has 0 aliphatic rings. The first kappa shape index (κ1) is 21.0. The zero-order valence-corrected chi connectivity index (χ0v) is 18.4. The molecular formula is C32H20N2. The minimum absolute atomic E-state index is 0.655. The molecule has 0 saturated heterocycles. The van der Waals surface area contributed by atoms with E-state index < -0.39 is 0 Å². The zero-order chi connectivity index (χ0) is 23.3. The highest BCUT2D eigenvalue weighted by atomic mass is 14.6. The van der Waals surface area contributed by atoms with E-state index in [0.717, 1.165) is 22.3 Å². The predicted octanol–water partition coefficient (Wildman–Crippen LogP) is 8.76. The molecule has 2 heteroatoms. The van der Waals surface area contributed by atoms with Gasteiger partial charge >= 0.3 is 0 Å². The number of nitriles is 1. The van der Waals surface area contributed by atoms with Crippen LogP contribution in [0.2, 0.25) is 0 Å². The summed E-state index contributed by atoms with van der Waals surface area (Å²) in [6.07, 6.45) is 8.34. The smallest absolute Gasteiger partial charge is 0.187 e. The number of fused-ring (bicyclic) bond motifs is 3. The van der Waals surface area contributed by atoms with Gasteiger partial charge in [-0.05, 0) is 68.1 Å². The summed E-state index contributed by atoms with van der Waals surface area (Å²) in [5, 5.41) is 13.8. The van der Waals surface area contributed by atoms with E-state index >= 15 is 0 Å². The number of benzene rings is 5. The van der Waals surface area contributed by atoms with E-state index in [4.69, 9.17) is 11.8 Å². The van der Waals surface area contributed by atoms with Crippen LogP contribution in [0.15, 0.2) is 97.1 Å². The Morgan fingerprint density at radius 2 is 1.00 bits per heavy atom. The van der Waals surface area contributed by atoms with Gasteiger partial charge in [0.1, 0.15) is 0 Å². The Kier molecular flexibility index (Phi) is 5.73. The van der Waals surface area contributed by atoms with Gasteiger partial charge in [-0.25, -0.2) is 4.85 Å². The Morgan fingerprint density at radius 1 is 0.559 bits per heavy atom. The third kappa shape index (κ3) is 4.49.